The molecule has 0 bridgehead atoms. The van der Waals surface area contributed by atoms with E-state index in [1.54, 1.807) is 30.5 Å². The Morgan fingerprint density at radius 1 is 1.04 bits per heavy atom. The highest BCUT2D eigenvalue weighted by Crippen LogP contribution is 2.32. The van der Waals surface area contributed by atoms with Gasteiger partial charge in [0.25, 0.3) is 0 Å². The Kier molecular flexibility index (Phi) is 4.47. The molecule has 1 aromatic heterocycles. The van der Waals surface area contributed by atoms with Gasteiger partial charge in [0.15, 0.2) is 11.5 Å². The predicted molar refractivity (Wildman–Crippen MR) is 99.3 cm³/mol. The van der Waals surface area contributed by atoms with Gasteiger partial charge in [-0.2, -0.15) is 0 Å². The molecule has 0 saturated carbocycles. The zero-order chi connectivity index (χ0) is 17.8. The Morgan fingerprint density at radius 2 is 1.85 bits per heavy atom. The van der Waals surface area contributed by atoms with Crippen molar-refractivity contribution in [2.75, 3.05) is 18.5 Å². The molecule has 3 aromatic rings. The van der Waals surface area contributed by atoms with Crippen LogP contribution in [0, 0.1) is 0 Å². The Labute approximate surface area is 150 Å². The van der Waals surface area contributed by atoms with Gasteiger partial charge in [-0.3, -0.25) is 9.78 Å². The molecule has 1 N–H and O–H groups in total. The average molecular weight is 347 g/mol. The lowest BCUT2D eigenvalue weighted by Gasteiger charge is -2.09. The Bertz CT molecular complexity index is 985. The van der Waals surface area contributed by atoms with Gasteiger partial charge in [-0.25, -0.2) is 4.98 Å². The monoisotopic (exact) mass is 347 g/mol. The first-order valence-corrected chi connectivity index (χ1v) is 8.38. The second kappa shape index (κ2) is 7.23. The highest BCUT2D eigenvalue weighted by atomic mass is 16.5. The summed E-state index contributed by atoms with van der Waals surface area (Å²) < 4.78 is 11.2. The van der Waals surface area contributed by atoms with Gasteiger partial charge in [0, 0.05) is 24.3 Å². The summed E-state index contributed by atoms with van der Waals surface area (Å²) >= 11 is 0. The highest BCUT2D eigenvalue weighted by Gasteiger charge is 2.11. The molecule has 2 heterocycles. The summed E-state index contributed by atoms with van der Waals surface area (Å²) in [7, 11) is 0. The van der Waals surface area contributed by atoms with Crippen LogP contribution in [0.1, 0.15) is 12.1 Å². The fourth-order valence-corrected chi connectivity index (χ4v) is 2.64. The normalized spacial score (nSPS) is 13.5. The number of carbonyl (C=O) groups is 1. The molecule has 6 nitrogen and oxygen atoms in total. The van der Waals surface area contributed by atoms with Gasteiger partial charge in [0.05, 0.1) is 36.1 Å². The molecule has 130 valence electrons. The van der Waals surface area contributed by atoms with E-state index >= 15 is 0 Å². The van der Waals surface area contributed by atoms with Crippen LogP contribution < -0.4 is 14.8 Å². The van der Waals surface area contributed by atoms with Gasteiger partial charge >= 0.3 is 0 Å². The Balaban J connectivity index is 1.46. The lowest BCUT2D eigenvalue weighted by molar-refractivity contribution is -0.111. The SMILES string of the molecule is O=C(/C=C/c1cnc2ccccc2n1)Nc1ccc2c(c1)OCCCO2. The zero-order valence-electron chi connectivity index (χ0n) is 14.0. The second-order valence-corrected chi connectivity index (χ2v) is 5.82. The van der Waals surface area contributed by atoms with Crippen molar-refractivity contribution in [1.29, 1.82) is 0 Å². The number of nitrogens with zero attached hydrogens (tertiary/aromatic N) is 2. The van der Waals surface area contributed by atoms with Crippen LogP contribution >= 0.6 is 0 Å². The van der Waals surface area contributed by atoms with Crippen molar-refractivity contribution < 1.29 is 14.3 Å². The van der Waals surface area contributed by atoms with Gasteiger partial charge in [-0.05, 0) is 30.3 Å². The Hall–Kier alpha value is -3.41. The second-order valence-electron chi connectivity index (χ2n) is 5.82. The molecule has 0 fully saturated rings. The molecule has 0 radical (unpaired) electrons. The first kappa shape index (κ1) is 16.1. The third-order valence-electron chi connectivity index (χ3n) is 3.89. The van der Waals surface area contributed by atoms with E-state index in [0.29, 0.717) is 36.1 Å². The number of nitrogens with one attached hydrogen (secondary N) is 1. The van der Waals surface area contributed by atoms with Crippen molar-refractivity contribution in [3.8, 4) is 11.5 Å². The molecule has 0 unspecified atom stereocenters. The van der Waals surface area contributed by atoms with E-state index in [1.165, 1.54) is 6.08 Å². The van der Waals surface area contributed by atoms with Crippen LogP contribution in [0.4, 0.5) is 5.69 Å². The first-order valence-electron chi connectivity index (χ1n) is 8.38. The van der Waals surface area contributed by atoms with Crippen LogP contribution in [0.3, 0.4) is 0 Å². The molecular weight excluding hydrogens is 330 g/mol. The number of anilines is 1. The first-order chi connectivity index (χ1) is 12.8. The van der Waals surface area contributed by atoms with E-state index in [4.69, 9.17) is 9.47 Å². The van der Waals surface area contributed by atoms with Gasteiger partial charge in [0.2, 0.25) is 5.91 Å². The van der Waals surface area contributed by atoms with E-state index in [9.17, 15) is 4.79 Å². The number of fused-ring (bicyclic) bond motifs is 2. The van der Waals surface area contributed by atoms with Crippen LogP contribution in [0.2, 0.25) is 0 Å². The van der Waals surface area contributed by atoms with Gasteiger partial charge < -0.3 is 14.8 Å². The lowest BCUT2D eigenvalue weighted by atomic mass is 10.2. The van der Waals surface area contributed by atoms with Crippen molar-refractivity contribution in [2.45, 2.75) is 6.42 Å². The topological polar surface area (TPSA) is 73.3 Å². The summed E-state index contributed by atoms with van der Waals surface area (Å²) in [6.45, 7) is 1.24. The number of carbonyl (C=O) groups excluding carboxylic acids is 1. The van der Waals surface area contributed by atoms with Crippen molar-refractivity contribution in [1.82, 2.24) is 9.97 Å². The molecule has 0 spiro atoms. The number of benzene rings is 2. The van der Waals surface area contributed by atoms with Crippen molar-refractivity contribution in [3.05, 3.63) is 60.4 Å². The number of rotatable bonds is 3. The van der Waals surface area contributed by atoms with Crippen molar-refractivity contribution >= 4 is 28.7 Å². The minimum atomic E-state index is -0.255. The molecule has 1 amide bonds. The molecule has 0 aliphatic carbocycles. The fourth-order valence-electron chi connectivity index (χ4n) is 2.64. The van der Waals surface area contributed by atoms with Crippen LogP contribution in [0.15, 0.2) is 54.7 Å². The van der Waals surface area contributed by atoms with Crippen molar-refractivity contribution in [3.63, 3.8) is 0 Å². The largest absolute Gasteiger partial charge is 0.490 e. The molecule has 6 heteroatoms. The smallest absolute Gasteiger partial charge is 0.248 e. The predicted octanol–water partition coefficient (Wildman–Crippen LogP) is 3.44. The van der Waals surface area contributed by atoms with Crippen LogP contribution in [0.5, 0.6) is 11.5 Å². The van der Waals surface area contributed by atoms with E-state index in [-0.39, 0.29) is 5.91 Å². The quantitative estimate of drug-likeness (QED) is 0.735. The third kappa shape index (κ3) is 3.64. The number of para-hydroxylation sites is 2. The molecule has 0 saturated heterocycles. The highest BCUT2D eigenvalue weighted by molar-refractivity contribution is 6.02. The number of amides is 1. The van der Waals surface area contributed by atoms with E-state index in [2.05, 4.69) is 15.3 Å². The maximum atomic E-state index is 12.2. The van der Waals surface area contributed by atoms with Crippen molar-refractivity contribution in [2.24, 2.45) is 0 Å². The minimum absolute atomic E-state index is 0.255. The van der Waals surface area contributed by atoms with E-state index in [0.717, 1.165) is 17.5 Å². The van der Waals surface area contributed by atoms with Crippen LogP contribution in [-0.4, -0.2) is 29.1 Å². The van der Waals surface area contributed by atoms with E-state index in [1.807, 2.05) is 24.3 Å². The van der Waals surface area contributed by atoms with Gasteiger partial charge in [0.1, 0.15) is 0 Å². The molecular formula is C20H17N3O3. The number of hydrogen-bond donors (Lipinski definition) is 1. The average Bonchev–Trinajstić information content (AvgIpc) is 2.91. The molecule has 1 aliphatic rings. The van der Waals surface area contributed by atoms with Crippen LogP contribution in [0.25, 0.3) is 17.1 Å². The van der Waals surface area contributed by atoms with E-state index < -0.39 is 0 Å². The molecule has 1 aliphatic heterocycles. The molecule has 0 atom stereocenters. The van der Waals surface area contributed by atoms with Gasteiger partial charge in [-0.15, -0.1) is 0 Å². The summed E-state index contributed by atoms with van der Waals surface area (Å²) in [6, 6.07) is 13.0. The third-order valence-corrected chi connectivity index (χ3v) is 3.89. The summed E-state index contributed by atoms with van der Waals surface area (Å²) in [6.07, 6.45) is 5.55. The minimum Gasteiger partial charge on any atom is -0.490 e. The number of ether oxygens (including phenoxy) is 2. The fraction of sp³-hybridized carbons (Fsp3) is 0.150. The molecule has 2 aromatic carbocycles. The zero-order valence-corrected chi connectivity index (χ0v) is 14.0. The number of hydrogen-bond acceptors (Lipinski definition) is 5. The summed E-state index contributed by atoms with van der Waals surface area (Å²) in [5.74, 6) is 1.08. The standard InChI is InChI=1S/C20H17N3O3/c24-20(9-7-15-13-21-16-4-1-2-5-17(16)22-15)23-14-6-8-18-19(12-14)26-11-3-10-25-18/h1-2,4-9,12-13H,3,10-11H2,(H,23,24)/b9-7+. The van der Waals surface area contributed by atoms with Crippen LogP contribution in [-0.2, 0) is 4.79 Å². The maximum absolute atomic E-state index is 12.2. The lowest BCUT2D eigenvalue weighted by Crippen LogP contribution is -2.08. The maximum Gasteiger partial charge on any atom is 0.248 e. The number of aromatic nitrogens is 2. The Morgan fingerprint density at radius 3 is 2.73 bits per heavy atom. The molecule has 4 rings (SSSR count). The van der Waals surface area contributed by atoms with Gasteiger partial charge in [-0.1, -0.05) is 12.1 Å². The molecule has 26 heavy (non-hydrogen) atoms. The summed E-state index contributed by atoms with van der Waals surface area (Å²) in [5, 5.41) is 2.81. The summed E-state index contributed by atoms with van der Waals surface area (Å²) in [5.41, 5.74) is 2.88. The summed E-state index contributed by atoms with van der Waals surface area (Å²) in [4.78, 5) is 20.9.